The van der Waals surface area contributed by atoms with E-state index in [9.17, 15) is 0 Å². The van der Waals surface area contributed by atoms with Crippen molar-refractivity contribution in [3.63, 3.8) is 0 Å². The van der Waals surface area contributed by atoms with Crippen LogP contribution in [-0.2, 0) is 19.3 Å². The quantitative estimate of drug-likeness (QED) is 0.374. The second-order valence-electron chi connectivity index (χ2n) is 7.91. The summed E-state index contributed by atoms with van der Waals surface area (Å²) in [5.41, 5.74) is 8.54. The highest BCUT2D eigenvalue weighted by Crippen LogP contribution is 2.38. The first-order valence-corrected chi connectivity index (χ1v) is 11.1. The van der Waals surface area contributed by atoms with Gasteiger partial charge in [-0.1, -0.05) is 59.3 Å². The van der Waals surface area contributed by atoms with E-state index in [1.807, 2.05) is 0 Å². The summed E-state index contributed by atoms with van der Waals surface area (Å²) in [6.07, 6.45) is 3.96. The molecule has 5 rings (SSSR count). The zero-order valence-corrected chi connectivity index (χ0v) is 18.4. The number of hydrogen-bond donors (Lipinski definition) is 0. The highest BCUT2D eigenvalue weighted by atomic mass is 79.9. The number of imidazole rings is 1. The number of nitrogens with zero attached hydrogens (tertiary/aromatic N) is 3. The van der Waals surface area contributed by atoms with E-state index in [0.29, 0.717) is 6.04 Å². The maximum atomic E-state index is 5.13. The van der Waals surface area contributed by atoms with Crippen molar-refractivity contribution in [2.75, 3.05) is 0 Å². The third kappa shape index (κ3) is 3.29. The Hall–Kier alpha value is -2.46. The third-order valence-electron chi connectivity index (χ3n) is 5.97. The van der Waals surface area contributed by atoms with Crippen LogP contribution in [0.3, 0.4) is 0 Å². The molecule has 0 N–H and O–H groups in total. The van der Waals surface area contributed by atoms with Crippen LogP contribution in [0.25, 0.3) is 11.2 Å². The van der Waals surface area contributed by atoms with E-state index in [4.69, 9.17) is 9.97 Å². The van der Waals surface area contributed by atoms with Crippen molar-refractivity contribution in [3.8, 4) is 0 Å². The molecule has 2 heterocycles. The fourth-order valence-electron chi connectivity index (χ4n) is 4.63. The Morgan fingerprint density at radius 1 is 1.07 bits per heavy atom. The Bertz CT molecular complexity index is 1190. The van der Waals surface area contributed by atoms with Gasteiger partial charge in [-0.2, -0.15) is 0 Å². The SMILES string of the molecule is CCc1nc2c(C)cc(Cc3ccccc3)nc2n1C1CCc2cc(Br)ccc21. The molecule has 2 aromatic heterocycles. The van der Waals surface area contributed by atoms with Crippen LogP contribution in [-0.4, -0.2) is 14.5 Å². The lowest BCUT2D eigenvalue weighted by Crippen LogP contribution is -2.12. The number of rotatable bonds is 4. The molecule has 0 bridgehead atoms. The monoisotopic (exact) mass is 445 g/mol. The van der Waals surface area contributed by atoms with E-state index in [-0.39, 0.29) is 0 Å². The number of aromatic nitrogens is 3. The van der Waals surface area contributed by atoms with E-state index in [0.717, 1.165) is 52.8 Å². The van der Waals surface area contributed by atoms with Gasteiger partial charge in [-0.25, -0.2) is 9.97 Å². The molecule has 2 aromatic carbocycles. The number of fused-ring (bicyclic) bond motifs is 2. The van der Waals surface area contributed by atoms with Gasteiger partial charge in [0, 0.05) is 23.0 Å². The topological polar surface area (TPSA) is 30.7 Å². The summed E-state index contributed by atoms with van der Waals surface area (Å²) < 4.78 is 3.57. The van der Waals surface area contributed by atoms with Gasteiger partial charge in [-0.15, -0.1) is 0 Å². The van der Waals surface area contributed by atoms with E-state index in [2.05, 4.69) is 88.9 Å². The van der Waals surface area contributed by atoms with Gasteiger partial charge >= 0.3 is 0 Å². The molecule has 0 aliphatic heterocycles. The zero-order chi connectivity index (χ0) is 20.0. The van der Waals surface area contributed by atoms with Crippen molar-refractivity contribution in [1.82, 2.24) is 14.5 Å². The van der Waals surface area contributed by atoms with Crippen LogP contribution in [0.4, 0.5) is 0 Å². The Labute approximate surface area is 180 Å². The van der Waals surface area contributed by atoms with Crippen LogP contribution in [0.1, 0.15) is 53.2 Å². The first-order valence-electron chi connectivity index (χ1n) is 10.3. The Morgan fingerprint density at radius 3 is 2.69 bits per heavy atom. The Morgan fingerprint density at radius 2 is 1.90 bits per heavy atom. The number of pyridine rings is 1. The summed E-state index contributed by atoms with van der Waals surface area (Å²) >= 11 is 3.62. The molecule has 0 fully saturated rings. The molecule has 0 spiro atoms. The second-order valence-corrected chi connectivity index (χ2v) is 8.83. The minimum atomic E-state index is 0.317. The maximum Gasteiger partial charge on any atom is 0.161 e. The molecule has 4 aromatic rings. The van der Waals surface area contributed by atoms with Crippen molar-refractivity contribution in [1.29, 1.82) is 0 Å². The van der Waals surface area contributed by atoms with Crippen LogP contribution in [0, 0.1) is 6.92 Å². The van der Waals surface area contributed by atoms with Crippen LogP contribution < -0.4 is 0 Å². The van der Waals surface area contributed by atoms with Crippen molar-refractivity contribution in [3.05, 3.63) is 92.8 Å². The Balaban J connectivity index is 1.65. The van der Waals surface area contributed by atoms with Gasteiger partial charge in [-0.3, -0.25) is 0 Å². The summed E-state index contributed by atoms with van der Waals surface area (Å²) in [5, 5.41) is 0. The fourth-order valence-corrected chi connectivity index (χ4v) is 5.04. The molecule has 0 saturated heterocycles. The molecule has 1 atom stereocenters. The lowest BCUT2D eigenvalue weighted by Gasteiger charge is -2.18. The molecule has 29 heavy (non-hydrogen) atoms. The van der Waals surface area contributed by atoms with Gasteiger partial charge in [0.25, 0.3) is 0 Å². The first kappa shape index (κ1) is 18.6. The highest BCUT2D eigenvalue weighted by molar-refractivity contribution is 9.10. The van der Waals surface area contributed by atoms with E-state index in [1.165, 1.54) is 22.3 Å². The van der Waals surface area contributed by atoms with Crippen LogP contribution >= 0.6 is 15.9 Å². The summed E-state index contributed by atoms with van der Waals surface area (Å²) in [5.74, 6) is 1.13. The van der Waals surface area contributed by atoms with Crippen molar-refractivity contribution < 1.29 is 0 Å². The average Bonchev–Trinajstić information content (AvgIpc) is 3.29. The minimum absolute atomic E-state index is 0.317. The number of aryl methyl sites for hydroxylation is 3. The third-order valence-corrected chi connectivity index (χ3v) is 6.47. The molecule has 0 saturated carbocycles. The van der Waals surface area contributed by atoms with Crippen LogP contribution in [0.2, 0.25) is 0 Å². The number of hydrogen-bond acceptors (Lipinski definition) is 2. The van der Waals surface area contributed by atoms with Gasteiger partial charge in [-0.05, 0) is 60.2 Å². The number of halogens is 1. The van der Waals surface area contributed by atoms with Gasteiger partial charge in [0.05, 0.1) is 6.04 Å². The molecule has 1 aliphatic carbocycles. The first-order chi connectivity index (χ1) is 14.1. The van der Waals surface area contributed by atoms with Gasteiger partial charge < -0.3 is 4.57 Å². The maximum absolute atomic E-state index is 5.13. The van der Waals surface area contributed by atoms with Crippen LogP contribution in [0.5, 0.6) is 0 Å². The van der Waals surface area contributed by atoms with Crippen LogP contribution in [0.15, 0.2) is 59.1 Å². The molecule has 146 valence electrons. The van der Waals surface area contributed by atoms with E-state index in [1.54, 1.807) is 0 Å². The molecule has 1 unspecified atom stereocenters. The second kappa shape index (κ2) is 7.42. The van der Waals surface area contributed by atoms with E-state index >= 15 is 0 Å². The van der Waals surface area contributed by atoms with Gasteiger partial charge in [0.2, 0.25) is 0 Å². The summed E-state index contributed by atoms with van der Waals surface area (Å²) in [6.45, 7) is 4.35. The standard InChI is InChI=1S/C25H24BrN3/c1-3-23-28-24-16(2)13-20(14-17-7-5-4-6-8-17)27-25(24)29(23)22-12-9-18-15-19(26)10-11-21(18)22/h4-8,10-11,13,15,22H,3,9,12,14H2,1-2H3. The van der Waals surface area contributed by atoms with Crippen molar-refractivity contribution in [2.45, 2.75) is 45.6 Å². The fraction of sp³-hybridized carbons (Fsp3) is 0.280. The molecule has 1 aliphatic rings. The largest absolute Gasteiger partial charge is 0.305 e. The van der Waals surface area contributed by atoms with Crippen molar-refractivity contribution in [2.24, 2.45) is 0 Å². The molecule has 0 radical (unpaired) electrons. The van der Waals surface area contributed by atoms with E-state index < -0.39 is 0 Å². The summed E-state index contributed by atoms with van der Waals surface area (Å²) in [4.78, 5) is 10.1. The smallest absolute Gasteiger partial charge is 0.161 e. The zero-order valence-electron chi connectivity index (χ0n) is 16.8. The normalized spacial score (nSPS) is 15.8. The highest BCUT2D eigenvalue weighted by Gasteiger charge is 2.28. The lowest BCUT2D eigenvalue weighted by atomic mass is 10.1. The molecule has 3 nitrogen and oxygen atoms in total. The average molecular weight is 446 g/mol. The molecular formula is C25H24BrN3. The molecule has 4 heteroatoms. The Kier molecular flexibility index (Phi) is 4.75. The number of benzene rings is 2. The molecule has 0 amide bonds. The predicted molar refractivity (Wildman–Crippen MR) is 121 cm³/mol. The van der Waals surface area contributed by atoms with Gasteiger partial charge in [0.1, 0.15) is 11.3 Å². The predicted octanol–water partition coefficient (Wildman–Crippen LogP) is 6.19. The van der Waals surface area contributed by atoms with Gasteiger partial charge in [0.15, 0.2) is 5.65 Å². The van der Waals surface area contributed by atoms with Crippen molar-refractivity contribution >= 4 is 27.1 Å². The summed E-state index contributed by atoms with van der Waals surface area (Å²) in [6, 6.07) is 19.8. The minimum Gasteiger partial charge on any atom is -0.305 e. The lowest BCUT2D eigenvalue weighted by molar-refractivity contribution is 0.566. The summed E-state index contributed by atoms with van der Waals surface area (Å²) in [7, 11) is 0. The molecular weight excluding hydrogens is 422 g/mol.